The molecule has 3 nitrogen and oxygen atoms in total. The smallest absolute Gasteiger partial charge is 0.189 e. The molecule has 3 heteroatoms. The van der Waals surface area contributed by atoms with Crippen molar-refractivity contribution in [3.8, 4) is 11.5 Å². The lowest BCUT2D eigenvalue weighted by molar-refractivity contribution is 0.102. The summed E-state index contributed by atoms with van der Waals surface area (Å²) in [5, 5.41) is 0. The van der Waals surface area contributed by atoms with Gasteiger partial charge in [0.05, 0.1) is 14.2 Å². The molecule has 1 aliphatic rings. The van der Waals surface area contributed by atoms with E-state index >= 15 is 0 Å². The molecule has 122 valence electrons. The number of Topliss-reactive ketones (excluding diaryl/α,β-unsaturated/α-hetero) is 1. The highest BCUT2D eigenvalue weighted by Crippen LogP contribution is 2.28. The van der Waals surface area contributed by atoms with E-state index in [9.17, 15) is 4.79 Å². The molecule has 0 bridgehead atoms. The number of rotatable bonds is 4. The van der Waals surface area contributed by atoms with Crippen LogP contribution in [0.3, 0.4) is 0 Å². The molecule has 0 unspecified atom stereocenters. The van der Waals surface area contributed by atoms with Crippen molar-refractivity contribution in [2.75, 3.05) is 14.2 Å². The quantitative estimate of drug-likeness (QED) is 0.780. The Morgan fingerprint density at radius 3 is 2.62 bits per heavy atom. The fourth-order valence-electron chi connectivity index (χ4n) is 2.90. The molecule has 0 spiro atoms. The fraction of sp³-hybridized carbons (Fsp3) is 0.190. The van der Waals surface area contributed by atoms with E-state index in [-0.39, 0.29) is 5.78 Å². The second-order valence-electron chi connectivity index (χ2n) is 5.65. The number of methoxy groups -OCH3 is 2. The first-order valence-electron chi connectivity index (χ1n) is 7.95. The van der Waals surface area contributed by atoms with Crippen molar-refractivity contribution in [3.05, 3.63) is 76.9 Å². The van der Waals surface area contributed by atoms with E-state index in [2.05, 4.69) is 0 Å². The standard InChI is InChI=1S/C21H20O3/c1-23-18-13-12-15-10-11-17(21(22)19(15)14-18)8-5-7-16-6-3-4-9-20(16)24-2/h3-9,12-14H,10-11H2,1-2H3/b7-5+,17-8+. The van der Waals surface area contributed by atoms with Gasteiger partial charge in [0.25, 0.3) is 0 Å². The van der Waals surface area contributed by atoms with Crippen LogP contribution in [0.4, 0.5) is 0 Å². The van der Waals surface area contributed by atoms with Crippen LogP contribution in [0.2, 0.25) is 0 Å². The Morgan fingerprint density at radius 2 is 1.83 bits per heavy atom. The van der Waals surface area contributed by atoms with Gasteiger partial charge in [-0.3, -0.25) is 4.79 Å². The summed E-state index contributed by atoms with van der Waals surface area (Å²) in [7, 11) is 3.27. The Bertz CT molecular complexity index is 816. The lowest BCUT2D eigenvalue weighted by Crippen LogP contribution is -2.14. The second kappa shape index (κ2) is 7.18. The minimum Gasteiger partial charge on any atom is -0.497 e. The summed E-state index contributed by atoms with van der Waals surface area (Å²) in [5.74, 6) is 1.62. The maximum absolute atomic E-state index is 12.7. The molecule has 1 aliphatic carbocycles. The number of ketones is 1. The molecule has 0 saturated heterocycles. The van der Waals surface area contributed by atoms with Gasteiger partial charge in [0, 0.05) is 16.7 Å². The summed E-state index contributed by atoms with van der Waals surface area (Å²) in [5.41, 5.74) is 3.65. The number of fused-ring (bicyclic) bond motifs is 1. The van der Waals surface area contributed by atoms with Gasteiger partial charge in [-0.15, -0.1) is 0 Å². The molecule has 24 heavy (non-hydrogen) atoms. The van der Waals surface area contributed by atoms with E-state index in [1.807, 2.05) is 60.7 Å². The minimum atomic E-state index is 0.0832. The summed E-state index contributed by atoms with van der Waals surface area (Å²) in [6.45, 7) is 0. The van der Waals surface area contributed by atoms with Gasteiger partial charge in [-0.05, 0) is 36.6 Å². The molecule has 3 rings (SSSR count). The van der Waals surface area contributed by atoms with Crippen molar-refractivity contribution >= 4 is 11.9 Å². The van der Waals surface area contributed by atoms with Gasteiger partial charge in [-0.25, -0.2) is 0 Å². The highest BCUT2D eigenvalue weighted by atomic mass is 16.5. The lowest BCUT2D eigenvalue weighted by Gasteiger charge is -2.17. The molecular weight excluding hydrogens is 300 g/mol. The molecule has 2 aromatic carbocycles. The van der Waals surface area contributed by atoms with Crippen molar-refractivity contribution < 1.29 is 14.3 Å². The van der Waals surface area contributed by atoms with E-state index in [0.29, 0.717) is 5.75 Å². The lowest BCUT2D eigenvalue weighted by atomic mass is 9.86. The van der Waals surface area contributed by atoms with E-state index < -0.39 is 0 Å². The van der Waals surface area contributed by atoms with Gasteiger partial charge in [0.2, 0.25) is 0 Å². The van der Waals surface area contributed by atoms with Crippen LogP contribution in [-0.4, -0.2) is 20.0 Å². The van der Waals surface area contributed by atoms with Crippen LogP contribution < -0.4 is 9.47 Å². The number of aryl methyl sites for hydroxylation is 1. The molecule has 0 radical (unpaired) electrons. The molecule has 2 aromatic rings. The molecule has 0 aromatic heterocycles. The van der Waals surface area contributed by atoms with Gasteiger partial charge >= 0.3 is 0 Å². The first-order valence-corrected chi connectivity index (χ1v) is 7.95. The zero-order valence-electron chi connectivity index (χ0n) is 13.9. The van der Waals surface area contributed by atoms with E-state index in [4.69, 9.17) is 9.47 Å². The Balaban J connectivity index is 1.84. The molecule has 0 aliphatic heterocycles. The third-order valence-electron chi connectivity index (χ3n) is 4.23. The Kier molecular flexibility index (Phi) is 4.80. The number of hydrogen-bond donors (Lipinski definition) is 0. The van der Waals surface area contributed by atoms with Crippen LogP contribution in [0.5, 0.6) is 11.5 Å². The Hall–Kier alpha value is -2.81. The Labute approximate surface area is 142 Å². The zero-order chi connectivity index (χ0) is 16.9. The van der Waals surface area contributed by atoms with Gasteiger partial charge in [-0.1, -0.05) is 42.5 Å². The van der Waals surface area contributed by atoms with Crippen LogP contribution >= 0.6 is 0 Å². The van der Waals surface area contributed by atoms with Crippen LogP contribution in [0, 0.1) is 0 Å². The fourth-order valence-corrected chi connectivity index (χ4v) is 2.90. The maximum atomic E-state index is 12.7. The monoisotopic (exact) mass is 320 g/mol. The number of para-hydroxylation sites is 1. The summed E-state index contributed by atoms with van der Waals surface area (Å²) >= 11 is 0. The molecule has 0 N–H and O–H groups in total. The van der Waals surface area contributed by atoms with E-state index in [1.165, 1.54) is 0 Å². The predicted octanol–water partition coefficient (Wildman–Crippen LogP) is 4.47. The average Bonchev–Trinajstić information content (AvgIpc) is 2.63. The SMILES string of the molecule is COc1ccc2c(c1)C(=O)/C(=C/C=C/c1ccccc1OC)CC2. The molecule has 0 saturated carbocycles. The molecule has 0 amide bonds. The zero-order valence-corrected chi connectivity index (χ0v) is 13.9. The number of carbonyl (C=O) groups is 1. The van der Waals surface area contributed by atoms with Gasteiger partial charge in [-0.2, -0.15) is 0 Å². The summed E-state index contributed by atoms with van der Waals surface area (Å²) in [6.07, 6.45) is 7.40. The van der Waals surface area contributed by atoms with Crippen molar-refractivity contribution in [1.29, 1.82) is 0 Å². The number of hydrogen-bond acceptors (Lipinski definition) is 3. The second-order valence-corrected chi connectivity index (χ2v) is 5.65. The van der Waals surface area contributed by atoms with Crippen LogP contribution in [0.1, 0.15) is 27.9 Å². The number of allylic oxidation sites excluding steroid dienone is 3. The van der Waals surface area contributed by atoms with E-state index in [1.54, 1.807) is 14.2 Å². The highest BCUT2D eigenvalue weighted by molar-refractivity contribution is 6.11. The molecule has 0 atom stereocenters. The largest absolute Gasteiger partial charge is 0.497 e. The van der Waals surface area contributed by atoms with Gasteiger partial charge in [0.1, 0.15) is 11.5 Å². The minimum absolute atomic E-state index is 0.0832. The third kappa shape index (κ3) is 3.25. The molecule has 0 fully saturated rings. The van der Waals surface area contributed by atoms with Gasteiger partial charge in [0.15, 0.2) is 5.78 Å². The summed E-state index contributed by atoms with van der Waals surface area (Å²) in [6, 6.07) is 13.5. The van der Waals surface area contributed by atoms with Crippen molar-refractivity contribution in [2.45, 2.75) is 12.8 Å². The molecule has 0 heterocycles. The summed E-state index contributed by atoms with van der Waals surface area (Å²) < 4.78 is 10.6. The maximum Gasteiger partial charge on any atom is 0.189 e. The van der Waals surface area contributed by atoms with Crippen molar-refractivity contribution in [3.63, 3.8) is 0 Å². The summed E-state index contributed by atoms with van der Waals surface area (Å²) in [4.78, 5) is 12.7. The van der Waals surface area contributed by atoms with Crippen molar-refractivity contribution in [1.82, 2.24) is 0 Å². The van der Waals surface area contributed by atoms with Gasteiger partial charge < -0.3 is 9.47 Å². The van der Waals surface area contributed by atoms with E-state index in [0.717, 1.165) is 40.9 Å². The number of carbonyl (C=O) groups excluding carboxylic acids is 1. The van der Waals surface area contributed by atoms with Crippen LogP contribution in [0.15, 0.2) is 60.2 Å². The first-order chi connectivity index (χ1) is 11.7. The normalized spacial score (nSPS) is 15.6. The third-order valence-corrected chi connectivity index (χ3v) is 4.23. The first kappa shape index (κ1) is 16.1. The number of ether oxygens (including phenoxy) is 2. The Morgan fingerprint density at radius 1 is 1.00 bits per heavy atom. The molecular formula is C21H20O3. The van der Waals surface area contributed by atoms with Crippen LogP contribution in [-0.2, 0) is 6.42 Å². The van der Waals surface area contributed by atoms with Crippen LogP contribution in [0.25, 0.3) is 6.08 Å². The number of benzene rings is 2. The topological polar surface area (TPSA) is 35.5 Å². The average molecular weight is 320 g/mol. The van der Waals surface area contributed by atoms with Crippen molar-refractivity contribution in [2.24, 2.45) is 0 Å². The highest BCUT2D eigenvalue weighted by Gasteiger charge is 2.21. The predicted molar refractivity (Wildman–Crippen MR) is 95.8 cm³/mol.